The minimum atomic E-state index is -0.107. The Bertz CT molecular complexity index is 706. The van der Waals surface area contributed by atoms with Crippen molar-refractivity contribution in [2.24, 2.45) is 46.3 Å². The molecule has 2 atom stereocenters. The van der Waals surface area contributed by atoms with E-state index in [1.54, 1.807) is 0 Å². The van der Waals surface area contributed by atoms with E-state index >= 15 is 0 Å². The Kier molecular flexibility index (Phi) is 4.45. The third-order valence-corrected chi connectivity index (χ3v) is 11.1. The second kappa shape index (κ2) is 7.09. The lowest BCUT2D eigenvalue weighted by Gasteiger charge is -2.56. The summed E-state index contributed by atoms with van der Waals surface area (Å²) in [5.41, 5.74) is -0.213. The first-order chi connectivity index (χ1) is 15.5. The van der Waals surface area contributed by atoms with Crippen molar-refractivity contribution in [1.82, 2.24) is 10.6 Å². The van der Waals surface area contributed by atoms with Crippen LogP contribution in [0.1, 0.15) is 89.9 Å². The predicted molar refractivity (Wildman–Crippen MR) is 123 cm³/mol. The van der Waals surface area contributed by atoms with Crippen LogP contribution >= 0.6 is 0 Å². The van der Waals surface area contributed by atoms with Crippen LogP contribution in [0.25, 0.3) is 0 Å². The minimum Gasteiger partial charge on any atom is -0.350 e. The predicted octanol–water partition coefficient (Wildman–Crippen LogP) is 4.74. The van der Waals surface area contributed by atoms with Crippen molar-refractivity contribution in [3.05, 3.63) is 12.2 Å². The fourth-order valence-corrected chi connectivity index (χ4v) is 10.6. The van der Waals surface area contributed by atoms with E-state index in [1.807, 2.05) is 0 Å². The Hall–Kier alpha value is -1.32. The van der Waals surface area contributed by atoms with Gasteiger partial charge in [0.05, 0.1) is 12.1 Å². The average molecular weight is 437 g/mol. The third-order valence-electron chi connectivity index (χ3n) is 11.1. The molecule has 4 nitrogen and oxygen atoms in total. The molecule has 9 aliphatic rings. The Morgan fingerprint density at radius 3 is 1.09 bits per heavy atom. The smallest absolute Gasteiger partial charge is 0.226 e. The highest BCUT2D eigenvalue weighted by Gasteiger charge is 2.56. The van der Waals surface area contributed by atoms with Gasteiger partial charge in [-0.1, -0.05) is 12.2 Å². The second-order valence-electron chi connectivity index (χ2n) is 13.5. The highest BCUT2D eigenvalue weighted by Crippen LogP contribution is 2.61. The average Bonchev–Trinajstić information content (AvgIpc) is 2.73. The van der Waals surface area contributed by atoms with E-state index in [4.69, 9.17) is 0 Å². The van der Waals surface area contributed by atoms with E-state index in [1.165, 1.54) is 38.5 Å². The van der Waals surface area contributed by atoms with Gasteiger partial charge in [0.15, 0.2) is 0 Å². The van der Waals surface area contributed by atoms with Gasteiger partial charge in [0.25, 0.3) is 0 Å². The van der Waals surface area contributed by atoms with Gasteiger partial charge in [0, 0.05) is 10.8 Å². The molecule has 0 heterocycles. The van der Waals surface area contributed by atoms with Gasteiger partial charge in [-0.15, -0.1) is 0 Å². The normalized spacial score (nSPS) is 52.2. The molecule has 0 spiro atoms. The van der Waals surface area contributed by atoms with Crippen LogP contribution in [0.15, 0.2) is 12.2 Å². The number of nitrogens with one attached hydrogen (secondary N) is 2. The zero-order valence-corrected chi connectivity index (χ0v) is 19.5. The van der Waals surface area contributed by atoms with Crippen molar-refractivity contribution in [3.63, 3.8) is 0 Å². The molecule has 8 bridgehead atoms. The SMILES string of the molecule is O=C(NC1CC=CCC1NC(=O)C12CC3CC(CC(C3)C1)C2)C12CC3CC(CC(C3)C1)C2. The highest BCUT2D eigenvalue weighted by molar-refractivity contribution is 5.85. The topological polar surface area (TPSA) is 58.2 Å². The Balaban J connectivity index is 1.05. The summed E-state index contributed by atoms with van der Waals surface area (Å²) in [6.07, 6.45) is 20.9. The molecular weight excluding hydrogens is 396 g/mol. The van der Waals surface area contributed by atoms with Crippen molar-refractivity contribution in [1.29, 1.82) is 0 Å². The van der Waals surface area contributed by atoms with Crippen molar-refractivity contribution in [2.75, 3.05) is 0 Å². The summed E-state index contributed by atoms with van der Waals surface area (Å²) in [6, 6.07) is 0.108. The molecule has 2 unspecified atom stereocenters. The quantitative estimate of drug-likeness (QED) is 0.626. The maximum atomic E-state index is 13.7. The fourth-order valence-electron chi connectivity index (χ4n) is 10.6. The molecule has 8 saturated carbocycles. The zero-order valence-electron chi connectivity index (χ0n) is 19.5. The van der Waals surface area contributed by atoms with Crippen molar-refractivity contribution >= 4 is 11.8 Å². The lowest BCUT2D eigenvalue weighted by atomic mass is 9.49. The summed E-state index contributed by atoms with van der Waals surface area (Å²) in [6.45, 7) is 0. The van der Waals surface area contributed by atoms with E-state index in [0.717, 1.165) is 86.9 Å². The van der Waals surface area contributed by atoms with Crippen LogP contribution in [0.4, 0.5) is 0 Å². The van der Waals surface area contributed by atoms with Gasteiger partial charge in [-0.25, -0.2) is 0 Å². The standard InChI is InChI=1S/C28H40N2O2/c31-25(27-11-17-5-18(12-27)7-19(6-17)13-27)29-23-3-1-2-4-24(23)30-26(32)28-14-20-8-21(15-28)10-22(9-20)16-28/h1-2,17-24H,3-16H2,(H,29,31)(H,30,32). The van der Waals surface area contributed by atoms with E-state index in [9.17, 15) is 9.59 Å². The molecule has 2 amide bonds. The molecule has 0 aliphatic heterocycles. The molecule has 9 rings (SSSR count). The molecule has 0 saturated heterocycles. The van der Waals surface area contributed by atoms with Gasteiger partial charge in [0.2, 0.25) is 11.8 Å². The zero-order chi connectivity index (χ0) is 21.5. The number of rotatable bonds is 4. The van der Waals surface area contributed by atoms with Gasteiger partial charge in [-0.3, -0.25) is 9.59 Å². The molecule has 8 fully saturated rings. The molecular formula is C28H40N2O2. The molecule has 0 aromatic heterocycles. The van der Waals surface area contributed by atoms with Crippen LogP contribution in [0.3, 0.4) is 0 Å². The highest BCUT2D eigenvalue weighted by atomic mass is 16.2. The number of amides is 2. The number of hydrogen-bond donors (Lipinski definition) is 2. The largest absolute Gasteiger partial charge is 0.350 e. The third kappa shape index (κ3) is 3.14. The van der Waals surface area contributed by atoms with Crippen molar-refractivity contribution in [2.45, 2.75) is 102 Å². The number of hydrogen-bond acceptors (Lipinski definition) is 2. The summed E-state index contributed by atoms with van der Waals surface area (Å²) in [5.74, 6) is 5.32. The van der Waals surface area contributed by atoms with Crippen molar-refractivity contribution < 1.29 is 9.59 Å². The Morgan fingerprint density at radius 1 is 0.531 bits per heavy atom. The molecule has 174 valence electrons. The first-order valence-corrected chi connectivity index (χ1v) is 13.8. The lowest BCUT2D eigenvalue weighted by Crippen LogP contribution is -2.61. The van der Waals surface area contributed by atoms with Crippen LogP contribution < -0.4 is 10.6 Å². The van der Waals surface area contributed by atoms with Crippen LogP contribution in [0.2, 0.25) is 0 Å². The van der Waals surface area contributed by atoms with E-state index in [0.29, 0.717) is 11.8 Å². The van der Waals surface area contributed by atoms with Gasteiger partial charge >= 0.3 is 0 Å². The number of carbonyl (C=O) groups excluding carboxylic acids is 2. The summed E-state index contributed by atoms with van der Waals surface area (Å²) in [5, 5.41) is 7.00. The Morgan fingerprint density at radius 2 is 0.812 bits per heavy atom. The summed E-state index contributed by atoms with van der Waals surface area (Å²) < 4.78 is 0. The maximum Gasteiger partial charge on any atom is 0.226 e. The first kappa shape index (κ1) is 20.1. The monoisotopic (exact) mass is 436 g/mol. The fraction of sp³-hybridized carbons (Fsp3) is 0.857. The minimum absolute atomic E-state index is 0.0540. The van der Waals surface area contributed by atoms with Crippen LogP contribution in [-0.2, 0) is 9.59 Å². The molecule has 0 radical (unpaired) electrons. The van der Waals surface area contributed by atoms with Gasteiger partial charge in [0.1, 0.15) is 0 Å². The van der Waals surface area contributed by atoms with Crippen LogP contribution in [0, 0.1) is 46.3 Å². The molecule has 2 N–H and O–H groups in total. The second-order valence-corrected chi connectivity index (χ2v) is 13.5. The molecule has 32 heavy (non-hydrogen) atoms. The lowest BCUT2D eigenvalue weighted by molar-refractivity contribution is -0.149. The van der Waals surface area contributed by atoms with E-state index < -0.39 is 0 Å². The van der Waals surface area contributed by atoms with Gasteiger partial charge in [-0.2, -0.15) is 0 Å². The van der Waals surface area contributed by atoms with Gasteiger partial charge in [-0.05, 0) is 125 Å². The first-order valence-electron chi connectivity index (χ1n) is 13.8. The Labute approximate surface area is 192 Å². The summed E-state index contributed by atoms with van der Waals surface area (Å²) >= 11 is 0. The maximum absolute atomic E-state index is 13.7. The molecule has 9 aliphatic carbocycles. The van der Waals surface area contributed by atoms with E-state index in [-0.39, 0.29) is 22.9 Å². The van der Waals surface area contributed by atoms with Crippen LogP contribution in [-0.4, -0.2) is 23.9 Å². The van der Waals surface area contributed by atoms with Gasteiger partial charge < -0.3 is 10.6 Å². The van der Waals surface area contributed by atoms with Crippen LogP contribution in [0.5, 0.6) is 0 Å². The van der Waals surface area contributed by atoms with Crippen molar-refractivity contribution in [3.8, 4) is 0 Å². The van der Waals surface area contributed by atoms with E-state index in [2.05, 4.69) is 22.8 Å². The molecule has 0 aromatic carbocycles. The molecule has 0 aromatic rings. The summed E-state index contributed by atoms with van der Waals surface area (Å²) in [7, 11) is 0. The summed E-state index contributed by atoms with van der Waals surface area (Å²) in [4.78, 5) is 27.3. The molecule has 4 heteroatoms. The number of carbonyl (C=O) groups is 2.